The smallest absolute Gasteiger partial charge is 0.0126 e. The molecule has 0 aromatic heterocycles. The van der Waals surface area contributed by atoms with Crippen molar-refractivity contribution in [2.24, 2.45) is 0 Å². The van der Waals surface area contributed by atoms with E-state index in [0.29, 0.717) is 0 Å². The van der Waals surface area contributed by atoms with Crippen LogP contribution in [0.2, 0.25) is 0 Å². The lowest BCUT2D eigenvalue weighted by molar-refractivity contribution is 0.516. The summed E-state index contributed by atoms with van der Waals surface area (Å²) in [4.78, 5) is 0. The summed E-state index contributed by atoms with van der Waals surface area (Å²) in [5.74, 6) is 0. The van der Waals surface area contributed by atoms with Crippen LogP contribution in [0, 0.1) is 0 Å². The molecule has 0 aliphatic carbocycles. The summed E-state index contributed by atoms with van der Waals surface area (Å²) in [5.41, 5.74) is 9.66. The molecule has 0 amide bonds. The third-order valence-corrected chi connectivity index (χ3v) is 6.35. The molecule has 2 aromatic carbocycles. The second-order valence-electron chi connectivity index (χ2n) is 13.6. The third kappa shape index (κ3) is 6.71. The molecule has 172 valence electrons. The van der Waals surface area contributed by atoms with Gasteiger partial charge in [0.15, 0.2) is 0 Å². The maximum absolute atomic E-state index is 2.52. The highest BCUT2D eigenvalue weighted by molar-refractivity contribution is 5.48. The molecule has 2 aromatic rings. The van der Waals surface area contributed by atoms with Gasteiger partial charge in [-0.05, 0) is 74.3 Å². The Labute approximate surface area is 193 Å². The first-order valence-electron chi connectivity index (χ1n) is 12.2. The zero-order valence-electron chi connectivity index (χ0n) is 22.6. The van der Waals surface area contributed by atoms with Crippen LogP contribution in [-0.2, 0) is 34.5 Å². The fourth-order valence-electron chi connectivity index (χ4n) is 4.49. The average Bonchev–Trinajstić information content (AvgIpc) is 2.58. The van der Waals surface area contributed by atoms with Gasteiger partial charge in [-0.15, -0.1) is 0 Å². The molecule has 31 heavy (non-hydrogen) atoms. The molecule has 0 saturated carbocycles. The van der Waals surface area contributed by atoms with Gasteiger partial charge in [0.05, 0.1) is 0 Å². The van der Waals surface area contributed by atoms with E-state index in [1.165, 1.54) is 28.7 Å². The minimum Gasteiger partial charge on any atom is -0.0617 e. The standard InChI is InChI=1S/C31H48/c1-28(2,3)24-18-14-16-22(19-24)15-13-17-23-20-25(29(4,5)6)21-26(30(7,8)9)27(23)31(10,11)12/h14,16,18-21H,13,15,17H2,1-12H3. The van der Waals surface area contributed by atoms with Gasteiger partial charge in [-0.25, -0.2) is 0 Å². The topological polar surface area (TPSA) is 0 Å². The van der Waals surface area contributed by atoms with Crippen LogP contribution in [-0.4, -0.2) is 0 Å². The highest BCUT2D eigenvalue weighted by atomic mass is 14.3. The van der Waals surface area contributed by atoms with Crippen molar-refractivity contribution in [1.82, 2.24) is 0 Å². The van der Waals surface area contributed by atoms with Crippen molar-refractivity contribution in [3.05, 3.63) is 69.8 Å². The second kappa shape index (κ2) is 8.76. The fourth-order valence-corrected chi connectivity index (χ4v) is 4.49. The Kier molecular flexibility index (Phi) is 7.26. The summed E-state index contributed by atoms with van der Waals surface area (Å²) in [6, 6.07) is 14.2. The first-order valence-corrected chi connectivity index (χ1v) is 12.2. The molecule has 0 heteroatoms. The predicted octanol–water partition coefficient (Wildman–Crippen LogP) is 9.05. The lowest BCUT2D eigenvalue weighted by atomic mass is 9.70. The second-order valence-corrected chi connectivity index (χ2v) is 13.6. The van der Waals surface area contributed by atoms with E-state index in [-0.39, 0.29) is 21.7 Å². The van der Waals surface area contributed by atoms with Gasteiger partial charge in [0.25, 0.3) is 0 Å². The molecule has 0 bridgehead atoms. The third-order valence-electron chi connectivity index (χ3n) is 6.35. The monoisotopic (exact) mass is 420 g/mol. The zero-order chi connectivity index (χ0) is 23.8. The molecular weight excluding hydrogens is 372 g/mol. The maximum atomic E-state index is 2.52. The number of hydrogen-bond acceptors (Lipinski definition) is 0. The molecule has 0 fully saturated rings. The summed E-state index contributed by atoms with van der Waals surface area (Å²) in [5, 5.41) is 0. The fraction of sp³-hybridized carbons (Fsp3) is 0.613. The van der Waals surface area contributed by atoms with Crippen molar-refractivity contribution in [1.29, 1.82) is 0 Å². The van der Waals surface area contributed by atoms with Crippen LogP contribution in [0.1, 0.15) is 123 Å². The first kappa shape index (κ1) is 25.7. The minimum absolute atomic E-state index is 0.139. The van der Waals surface area contributed by atoms with E-state index in [2.05, 4.69) is 119 Å². The molecule has 0 radical (unpaired) electrons. The van der Waals surface area contributed by atoms with E-state index < -0.39 is 0 Å². The van der Waals surface area contributed by atoms with Crippen molar-refractivity contribution in [3.8, 4) is 0 Å². The van der Waals surface area contributed by atoms with Crippen LogP contribution >= 0.6 is 0 Å². The first-order chi connectivity index (χ1) is 13.9. The van der Waals surface area contributed by atoms with Crippen molar-refractivity contribution in [2.75, 3.05) is 0 Å². The molecule has 0 aliphatic heterocycles. The normalized spacial score (nSPS) is 13.5. The summed E-state index contributed by atoms with van der Waals surface area (Å²) in [7, 11) is 0. The summed E-state index contributed by atoms with van der Waals surface area (Å²) in [6.07, 6.45) is 3.46. The van der Waals surface area contributed by atoms with Crippen molar-refractivity contribution < 1.29 is 0 Å². The van der Waals surface area contributed by atoms with Crippen molar-refractivity contribution >= 4 is 0 Å². The van der Waals surface area contributed by atoms with E-state index in [1.54, 1.807) is 11.1 Å². The molecule has 0 nitrogen and oxygen atoms in total. The van der Waals surface area contributed by atoms with Gasteiger partial charge in [-0.3, -0.25) is 0 Å². The van der Waals surface area contributed by atoms with E-state index in [9.17, 15) is 0 Å². The Morgan fingerprint density at radius 3 is 1.61 bits per heavy atom. The molecule has 0 aliphatic rings. The molecule has 0 spiro atoms. The maximum Gasteiger partial charge on any atom is -0.0126 e. The van der Waals surface area contributed by atoms with E-state index in [0.717, 1.165) is 12.8 Å². The van der Waals surface area contributed by atoms with Gasteiger partial charge in [0.2, 0.25) is 0 Å². The predicted molar refractivity (Wildman–Crippen MR) is 140 cm³/mol. The van der Waals surface area contributed by atoms with Gasteiger partial charge in [0.1, 0.15) is 0 Å². The Morgan fingerprint density at radius 1 is 0.548 bits per heavy atom. The van der Waals surface area contributed by atoms with Crippen LogP contribution in [0.15, 0.2) is 36.4 Å². The molecule has 0 heterocycles. The SMILES string of the molecule is CC(C)(C)c1cccc(CCCc2cc(C(C)(C)C)cc(C(C)(C)C)c2C(C)(C)C)c1. The van der Waals surface area contributed by atoms with Crippen LogP contribution < -0.4 is 0 Å². The lowest BCUT2D eigenvalue weighted by Gasteiger charge is -2.35. The largest absolute Gasteiger partial charge is 0.0617 e. The molecule has 0 unspecified atom stereocenters. The van der Waals surface area contributed by atoms with Crippen LogP contribution in [0.5, 0.6) is 0 Å². The van der Waals surface area contributed by atoms with E-state index in [4.69, 9.17) is 0 Å². The summed E-state index contributed by atoms with van der Waals surface area (Å²) in [6.45, 7) is 28.2. The Morgan fingerprint density at radius 2 is 1.13 bits per heavy atom. The summed E-state index contributed by atoms with van der Waals surface area (Å²) >= 11 is 0. The van der Waals surface area contributed by atoms with Gasteiger partial charge in [-0.2, -0.15) is 0 Å². The number of aryl methyl sites for hydroxylation is 2. The lowest BCUT2D eigenvalue weighted by Crippen LogP contribution is -2.26. The van der Waals surface area contributed by atoms with Gasteiger partial charge in [-0.1, -0.05) is 119 Å². The molecule has 0 atom stereocenters. The number of benzene rings is 2. The minimum atomic E-state index is 0.139. The Bertz CT molecular complexity index is 884. The van der Waals surface area contributed by atoms with Crippen LogP contribution in [0.3, 0.4) is 0 Å². The molecule has 2 rings (SSSR count). The van der Waals surface area contributed by atoms with Gasteiger partial charge < -0.3 is 0 Å². The van der Waals surface area contributed by atoms with E-state index >= 15 is 0 Å². The highest BCUT2D eigenvalue weighted by Crippen LogP contribution is 2.40. The van der Waals surface area contributed by atoms with Gasteiger partial charge >= 0.3 is 0 Å². The van der Waals surface area contributed by atoms with E-state index in [1.807, 2.05) is 0 Å². The Balaban J connectivity index is 2.43. The molecule has 0 saturated heterocycles. The van der Waals surface area contributed by atoms with Crippen molar-refractivity contribution in [2.45, 2.75) is 124 Å². The number of rotatable bonds is 4. The highest BCUT2D eigenvalue weighted by Gasteiger charge is 2.30. The van der Waals surface area contributed by atoms with Gasteiger partial charge in [0, 0.05) is 0 Å². The summed E-state index contributed by atoms with van der Waals surface area (Å²) < 4.78 is 0. The van der Waals surface area contributed by atoms with Crippen molar-refractivity contribution in [3.63, 3.8) is 0 Å². The molecule has 0 N–H and O–H groups in total. The quantitative estimate of drug-likeness (QED) is 0.462. The Hall–Kier alpha value is -1.56. The van der Waals surface area contributed by atoms with Crippen LogP contribution in [0.4, 0.5) is 0 Å². The average molecular weight is 421 g/mol. The zero-order valence-corrected chi connectivity index (χ0v) is 22.6. The number of hydrogen-bond donors (Lipinski definition) is 0. The van der Waals surface area contributed by atoms with Crippen LogP contribution in [0.25, 0.3) is 0 Å². The molecular formula is C31H48.